The molecule has 2 aromatic rings. The van der Waals surface area contributed by atoms with E-state index in [1.807, 2.05) is 48.5 Å². The predicted molar refractivity (Wildman–Crippen MR) is 120 cm³/mol. The van der Waals surface area contributed by atoms with E-state index in [2.05, 4.69) is 10.2 Å². The summed E-state index contributed by atoms with van der Waals surface area (Å²) < 4.78 is 27.2. The van der Waals surface area contributed by atoms with Crippen molar-refractivity contribution in [1.29, 1.82) is 0 Å². The first-order chi connectivity index (χ1) is 14.9. The summed E-state index contributed by atoms with van der Waals surface area (Å²) in [6, 6.07) is 15.9. The van der Waals surface area contributed by atoms with Crippen LogP contribution in [-0.4, -0.2) is 42.9 Å². The molecule has 1 N–H and O–H groups in total. The third kappa shape index (κ3) is 4.52. The molecule has 1 saturated heterocycles. The number of rotatable bonds is 8. The van der Waals surface area contributed by atoms with Crippen LogP contribution in [0.4, 0.5) is 8.78 Å². The van der Waals surface area contributed by atoms with Crippen molar-refractivity contribution in [2.24, 2.45) is 0 Å². The van der Waals surface area contributed by atoms with Gasteiger partial charge in [0.2, 0.25) is 5.91 Å². The molecular formula is C26H32F2N2O. The first kappa shape index (κ1) is 21.9. The summed E-state index contributed by atoms with van der Waals surface area (Å²) in [5.74, 6) is -3.26. The number of amides is 1. The Balaban J connectivity index is 1.61. The van der Waals surface area contributed by atoms with E-state index in [1.165, 1.54) is 19.3 Å². The minimum absolute atomic E-state index is 0.315. The fourth-order valence-corrected chi connectivity index (χ4v) is 5.25. The predicted octanol–water partition coefficient (Wildman–Crippen LogP) is 5.38. The normalized spacial score (nSPS) is 17.8. The molecule has 4 rings (SSSR count). The molecule has 0 unspecified atom stereocenters. The molecule has 1 amide bonds. The summed E-state index contributed by atoms with van der Waals surface area (Å²) in [6.45, 7) is 3.54. The van der Waals surface area contributed by atoms with Gasteiger partial charge in [-0.2, -0.15) is 0 Å². The second-order valence-corrected chi connectivity index (χ2v) is 9.11. The van der Waals surface area contributed by atoms with Crippen LogP contribution in [0, 0.1) is 0 Å². The molecule has 1 aliphatic carbocycles. The Bertz CT molecular complexity index is 870. The molecule has 0 spiro atoms. The maximum atomic E-state index is 13.6. The van der Waals surface area contributed by atoms with Gasteiger partial charge in [0.15, 0.2) is 0 Å². The van der Waals surface area contributed by atoms with Crippen molar-refractivity contribution in [3.8, 4) is 11.1 Å². The van der Waals surface area contributed by atoms with E-state index < -0.39 is 17.9 Å². The van der Waals surface area contributed by atoms with Gasteiger partial charge in [-0.1, -0.05) is 61.4 Å². The summed E-state index contributed by atoms with van der Waals surface area (Å²) in [7, 11) is 0. The maximum absolute atomic E-state index is 13.6. The van der Waals surface area contributed by atoms with Crippen LogP contribution >= 0.6 is 0 Å². The fraction of sp³-hybridized carbons (Fsp3) is 0.500. The highest BCUT2D eigenvalue weighted by Crippen LogP contribution is 2.51. The fourth-order valence-electron chi connectivity index (χ4n) is 5.25. The number of halogens is 2. The number of hydrogen-bond donors (Lipinski definition) is 1. The molecule has 31 heavy (non-hydrogen) atoms. The lowest BCUT2D eigenvalue weighted by Crippen LogP contribution is -2.47. The number of hydrogen-bond acceptors (Lipinski definition) is 2. The molecule has 166 valence electrons. The number of carbonyl (C=O) groups is 1. The van der Waals surface area contributed by atoms with Crippen molar-refractivity contribution in [2.45, 2.75) is 56.8 Å². The van der Waals surface area contributed by atoms with Crippen LogP contribution in [0.25, 0.3) is 11.1 Å². The van der Waals surface area contributed by atoms with Crippen molar-refractivity contribution in [3.63, 3.8) is 0 Å². The Morgan fingerprint density at radius 1 is 0.968 bits per heavy atom. The van der Waals surface area contributed by atoms with Gasteiger partial charge in [0.05, 0.1) is 6.54 Å². The highest BCUT2D eigenvalue weighted by atomic mass is 19.3. The second-order valence-electron chi connectivity index (χ2n) is 9.11. The van der Waals surface area contributed by atoms with Gasteiger partial charge >= 0.3 is 0 Å². The summed E-state index contributed by atoms with van der Waals surface area (Å²) >= 11 is 0. The summed E-state index contributed by atoms with van der Waals surface area (Å²) in [6.07, 6.45) is 6.33. The van der Waals surface area contributed by atoms with E-state index in [9.17, 15) is 13.6 Å². The number of fused-ring (bicyclic) bond motifs is 3. The van der Waals surface area contributed by atoms with E-state index in [1.54, 1.807) is 0 Å². The van der Waals surface area contributed by atoms with Crippen LogP contribution in [-0.2, 0) is 10.2 Å². The SMILES string of the molecule is CC(F)(F)CNC(=O)C1(CCCCN2CCCCC2)c2ccccc2-c2ccccc21. The van der Waals surface area contributed by atoms with E-state index in [-0.39, 0.29) is 5.91 Å². The van der Waals surface area contributed by atoms with Crippen molar-refractivity contribution in [1.82, 2.24) is 10.2 Å². The van der Waals surface area contributed by atoms with Gasteiger partial charge in [0.25, 0.3) is 5.92 Å². The standard InChI is InChI=1S/C26H32F2N2O/c1-25(27,28)19-29-24(31)26(15-7-10-18-30-16-8-2-9-17-30)22-13-5-3-11-20(22)21-12-4-6-14-23(21)26/h3-6,11-14H,2,7-10,15-19H2,1H3,(H,29,31). The molecule has 1 heterocycles. The first-order valence-corrected chi connectivity index (χ1v) is 11.5. The summed E-state index contributed by atoms with van der Waals surface area (Å²) in [5.41, 5.74) is 3.03. The highest BCUT2D eigenvalue weighted by Gasteiger charge is 2.48. The molecule has 0 radical (unpaired) electrons. The molecule has 5 heteroatoms. The smallest absolute Gasteiger partial charge is 0.262 e. The van der Waals surface area contributed by atoms with E-state index in [0.717, 1.165) is 61.7 Å². The Hall–Kier alpha value is -2.27. The maximum Gasteiger partial charge on any atom is 0.262 e. The van der Waals surface area contributed by atoms with Crippen LogP contribution in [0.2, 0.25) is 0 Å². The lowest BCUT2D eigenvalue weighted by Gasteiger charge is -2.32. The third-order valence-corrected chi connectivity index (χ3v) is 6.74. The summed E-state index contributed by atoms with van der Waals surface area (Å²) in [5, 5.41) is 2.58. The minimum Gasteiger partial charge on any atom is -0.349 e. The number of benzene rings is 2. The molecule has 1 fully saturated rings. The lowest BCUT2D eigenvalue weighted by molar-refractivity contribution is -0.127. The quantitative estimate of drug-likeness (QED) is 0.575. The van der Waals surface area contributed by atoms with Crippen LogP contribution in [0.1, 0.15) is 56.6 Å². The zero-order valence-electron chi connectivity index (χ0n) is 18.3. The van der Waals surface area contributed by atoms with Gasteiger partial charge < -0.3 is 10.2 Å². The number of carbonyl (C=O) groups excluding carboxylic acids is 1. The van der Waals surface area contributed by atoms with E-state index in [0.29, 0.717) is 6.42 Å². The highest BCUT2D eigenvalue weighted by molar-refractivity contribution is 6.00. The molecule has 0 bridgehead atoms. The van der Waals surface area contributed by atoms with Crippen molar-refractivity contribution >= 4 is 5.91 Å². The molecule has 1 aliphatic heterocycles. The Morgan fingerprint density at radius 3 is 2.13 bits per heavy atom. The van der Waals surface area contributed by atoms with Crippen molar-refractivity contribution < 1.29 is 13.6 Å². The Morgan fingerprint density at radius 2 is 1.55 bits per heavy atom. The van der Waals surface area contributed by atoms with Crippen molar-refractivity contribution in [3.05, 3.63) is 59.7 Å². The lowest BCUT2D eigenvalue weighted by atomic mass is 9.73. The van der Waals surface area contributed by atoms with Crippen LogP contribution in [0.5, 0.6) is 0 Å². The average molecular weight is 427 g/mol. The van der Waals surface area contributed by atoms with Crippen molar-refractivity contribution in [2.75, 3.05) is 26.2 Å². The van der Waals surface area contributed by atoms with Gasteiger partial charge in [-0.3, -0.25) is 4.79 Å². The molecule has 3 nitrogen and oxygen atoms in total. The van der Waals surface area contributed by atoms with Gasteiger partial charge in [-0.15, -0.1) is 0 Å². The summed E-state index contributed by atoms with van der Waals surface area (Å²) in [4.78, 5) is 16.1. The molecule has 2 aliphatic rings. The van der Waals surface area contributed by atoms with Gasteiger partial charge in [-0.05, 0) is 67.6 Å². The van der Waals surface area contributed by atoms with Gasteiger partial charge in [-0.25, -0.2) is 8.78 Å². The molecular weight excluding hydrogens is 394 g/mol. The number of nitrogens with one attached hydrogen (secondary N) is 1. The number of unbranched alkanes of at least 4 members (excludes halogenated alkanes) is 1. The molecule has 0 saturated carbocycles. The van der Waals surface area contributed by atoms with Gasteiger partial charge in [0.1, 0.15) is 5.41 Å². The van der Waals surface area contributed by atoms with E-state index in [4.69, 9.17) is 0 Å². The monoisotopic (exact) mass is 426 g/mol. The largest absolute Gasteiger partial charge is 0.349 e. The minimum atomic E-state index is -2.94. The zero-order valence-corrected chi connectivity index (χ0v) is 18.3. The average Bonchev–Trinajstić information content (AvgIpc) is 3.06. The number of alkyl halides is 2. The third-order valence-electron chi connectivity index (χ3n) is 6.74. The molecule has 0 atom stereocenters. The second kappa shape index (κ2) is 9.07. The van der Waals surface area contributed by atoms with Gasteiger partial charge in [0, 0.05) is 6.92 Å². The van der Waals surface area contributed by atoms with E-state index >= 15 is 0 Å². The van der Waals surface area contributed by atoms with Crippen LogP contribution in [0.15, 0.2) is 48.5 Å². The Labute approximate surface area is 183 Å². The number of piperidine rings is 1. The zero-order chi connectivity index (χ0) is 21.9. The van der Waals surface area contributed by atoms with Crippen LogP contribution < -0.4 is 5.32 Å². The number of nitrogens with zero attached hydrogens (tertiary/aromatic N) is 1. The number of likely N-dealkylation sites (tertiary alicyclic amines) is 1. The first-order valence-electron chi connectivity index (χ1n) is 11.5. The topological polar surface area (TPSA) is 32.3 Å². The molecule has 0 aromatic heterocycles. The Kier molecular flexibility index (Phi) is 6.42. The molecule has 2 aromatic carbocycles. The van der Waals surface area contributed by atoms with Crippen LogP contribution in [0.3, 0.4) is 0 Å².